The molecule has 616 valence electrons. The number of aliphatic carboxylic acids is 4. The van der Waals surface area contributed by atoms with Gasteiger partial charge >= 0.3 is 142 Å². The van der Waals surface area contributed by atoms with Gasteiger partial charge in [0, 0.05) is 85.6 Å². The van der Waals surface area contributed by atoms with Crippen LogP contribution in [0.4, 0.5) is 42.8 Å². The minimum absolute atomic E-state index is 0. The number of nitriles is 2. The van der Waals surface area contributed by atoms with Gasteiger partial charge in [0.25, 0.3) is 0 Å². The second-order valence-electron chi connectivity index (χ2n) is 24.8. The summed E-state index contributed by atoms with van der Waals surface area (Å²) in [5, 5.41) is 82.6. The van der Waals surface area contributed by atoms with Crippen molar-refractivity contribution in [3.63, 3.8) is 0 Å². The van der Waals surface area contributed by atoms with Gasteiger partial charge in [0.15, 0.2) is 0 Å². The molecule has 2 aromatic carbocycles. The normalized spacial score (nSPS) is 12.0. The van der Waals surface area contributed by atoms with Gasteiger partial charge in [0.2, 0.25) is 10.0 Å². The third kappa shape index (κ3) is 45.6. The van der Waals surface area contributed by atoms with Crippen LogP contribution in [-0.2, 0) is 85.7 Å². The average Bonchev–Trinajstić information content (AvgIpc) is 1.70. The van der Waals surface area contributed by atoms with E-state index >= 15 is 0 Å². The molecule has 0 aliphatic carbocycles. The van der Waals surface area contributed by atoms with Gasteiger partial charge < -0.3 is 96.8 Å². The van der Waals surface area contributed by atoms with Crippen LogP contribution in [0.25, 0.3) is 9.69 Å². The fraction of sp³-hybridized carbons (Fsp3) is 0.500. The zero-order valence-corrected chi connectivity index (χ0v) is 79.1. The van der Waals surface area contributed by atoms with Gasteiger partial charge in [-0.15, -0.1) is 43.1 Å². The van der Waals surface area contributed by atoms with E-state index in [1.807, 2.05) is 47.9 Å². The molecule has 0 radical (unpaired) electrons. The van der Waals surface area contributed by atoms with Crippen LogP contribution >= 0.6 is 22.7 Å². The molecule has 4 rings (SSSR count). The van der Waals surface area contributed by atoms with Crippen LogP contribution in [0.5, 0.6) is 0 Å². The molecule has 0 aliphatic heterocycles. The Bertz CT molecular complexity index is 4130. The number of benzene rings is 2. The van der Waals surface area contributed by atoms with Crippen LogP contribution in [0.15, 0.2) is 105 Å². The number of anilines is 2. The minimum Gasteiger partial charge on any atom is -0.550 e. The third-order valence-electron chi connectivity index (χ3n) is 16.5. The monoisotopic (exact) mass is 1710 g/mol. The molecule has 4 unspecified atom stereocenters. The summed E-state index contributed by atoms with van der Waals surface area (Å²) in [6, 6.07) is 15.4. The van der Waals surface area contributed by atoms with Gasteiger partial charge in [-0.3, -0.25) is 19.2 Å². The van der Waals surface area contributed by atoms with Gasteiger partial charge in [-0.1, -0.05) is 48.6 Å². The number of carboxylic acids is 4. The second kappa shape index (κ2) is 67.7. The molecule has 118 heavy (non-hydrogen) atoms. The van der Waals surface area contributed by atoms with E-state index in [0.29, 0.717) is 93.0 Å². The molecular weight excluding hydrogens is 1610 g/mol. The van der Waals surface area contributed by atoms with E-state index in [1.165, 1.54) is 0 Å². The molecular formula is C80H98N10Na4O22S2. The van der Waals surface area contributed by atoms with E-state index in [9.17, 15) is 69.3 Å². The van der Waals surface area contributed by atoms with Gasteiger partial charge in [-0.2, -0.15) is 10.5 Å². The fourth-order valence-electron chi connectivity index (χ4n) is 10.2. The first-order valence-electron chi connectivity index (χ1n) is 36.6. The standard InChI is InChI=1S/2C40H51N5O11S.4Na/c1-6-8-10-30(39(49)50)26-36(48)55-22-20-54-19-18-52-16-14-45(15-17-53-21-23-56-40(51)31(11-9-7-2)25-35(46)47)32-12-13-34(28(3)24-32)43-44-38-33(27-41)29(4)37(42-5)57-38;1-6-8-10-30(39(48)49)25-35(46)55-22-20-53-17-15-45(14-16-52-18-19-54-21-23-56-36(47)26-31(40(50)51)11-9-7-2)32-12-13-34(28(3)24-32)43-44-38-33(27-41)29(4)37(42-5)57-38;;;;/h6-9,12-13,24,30-31H,10-11,14-23,25-26H2,1-4H3,(H,46,47)(H,49,50);6-9,12-13,24,30-31H,10-11,14-23,25-26H2,1-4H3,(H,48,49)(H,50,51);;;;/q;;4*+1/p-4/b2*8-6+,9-7+,44-43?;;;;. The summed E-state index contributed by atoms with van der Waals surface area (Å²) in [5.41, 5.74) is 6.24. The van der Waals surface area contributed by atoms with Crippen LogP contribution in [0.3, 0.4) is 0 Å². The predicted molar refractivity (Wildman–Crippen MR) is 414 cm³/mol. The molecule has 4 aromatic rings. The molecule has 2 aromatic heterocycles. The zero-order chi connectivity index (χ0) is 84.0. The minimum atomic E-state index is -1.33. The average molecular weight is 1710 g/mol. The Morgan fingerprint density at radius 2 is 0.720 bits per heavy atom. The molecule has 0 aliphatic rings. The van der Waals surface area contributed by atoms with Crippen LogP contribution in [0.2, 0.25) is 0 Å². The fourth-order valence-corrected chi connectivity index (χ4v) is 11.9. The Kier molecular flexibility index (Phi) is 64.9. The summed E-state index contributed by atoms with van der Waals surface area (Å²) in [6.45, 7) is 33.0. The number of ether oxygens (including phenoxy) is 10. The van der Waals surface area contributed by atoms with E-state index in [4.69, 9.17) is 60.5 Å². The molecule has 0 saturated heterocycles. The van der Waals surface area contributed by atoms with Gasteiger partial charge in [-0.25, -0.2) is 9.69 Å². The van der Waals surface area contributed by atoms with Crippen LogP contribution in [-0.4, -0.2) is 180 Å². The van der Waals surface area contributed by atoms with E-state index < -0.39 is 77.8 Å². The first-order chi connectivity index (χ1) is 54.9. The number of aryl methyl sites for hydroxylation is 2. The molecule has 0 fully saturated rings. The number of hydrogen-bond donors (Lipinski definition) is 0. The Labute approximate surface area is 786 Å². The van der Waals surface area contributed by atoms with Gasteiger partial charge in [0.1, 0.15) is 48.6 Å². The van der Waals surface area contributed by atoms with Crippen molar-refractivity contribution in [2.75, 3.05) is 142 Å². The SMILES string of the molecule is [C-]#[N+]c1sc(N=Nc2ccc(N(CCOCCOCCOC(=O)CC(C/C=C/C)C(=O)[O-])CCOCCOC(=O)C(C/C=C/C)CC(=O)[O-])cc2C)c(C#N)c1C.[C-]#[N+]c1sc(N=Nc2ccc(N(CCOCCOCCOC(=O)CC(C/C=C/C)C(=O)[O-])CCOCCOC(=O)CC(C/C=C/C)C(=O)[O-])cc2C)c(C#N)c1C.[Na+].[Na+].[Na+].[Na+]. The number of nitrogens with zero attached hydrogens (tertiary/aromatic N) is 10. The van der Waals surface area contributed by atoms with Crippen molar-refractivity contribution in [1.82, 2.24) is 0 Å². The molecule has 4 atom stereocenters. The van der Waals surface area contributed by atoms with Crippen LogP contribution in [0.1, 0.15) is 112 Å². The van der Waals surface area contributed by atoms with E-state index in [0.717, 1.165) is 45.2 Å². The van der Waals surface area contributed by atoms with Crippen molar-refractivity contribution >= 4 is 113 Å². The zero-order valence-electron chi connectivity index (χ0n) is 69.5. The van der Waals surface area contributed by atoms with Crippen molar-refractivity contribution in [3.05, 3.63) is 141 Å². The maximum atomic E-state index is 12.4. The van der Waals surface area contributed by atoms with Crippen molar-refractivity contribution in [1.29, 1.82) is 10.5 Å². The van der Waals surface area contributed by atoms with Crippen LogP contribution in [0, 0.1) is 87.2 Å². The Balaban J connectivity index is 0. The maximum absolute atomic E-state index is 12.4. The number of carbonyl (C=O) groups excluding carboxylic acids is 8. The van der Waals surface area contributed by atoms with Gasteiger partial charge in [-0.05, 0) is 140 Å². The number of carbonyl (C=O) groups is 8. The number of rotatable bonds is 56. The molecule has 0 saturated carbocycles. The molecule has 0 amide bonds. The van der Waals surface area contributed by atoms with Crippen molar-refractivity contribution in [3.8, 4) is 12.1 Å². The van der Waals surface area contributed by atoms with Crippen molar-refractivity contribution < 1.29 is 224 Å². The summed E-state index contributed by atoms with van der Waals surface area (Å²) in [6.07, 6.45) is 12.9. The number of hydrogen-bond acceptors (Lipinski definition) is 32. The predicted octanol–water partition coefficient (Wildman–Crippen LogP) is -2.80. The Morgan fingerprint density at radius 1 is 0.432 bits per heavy atom. The number of carboxylic acid groups (broad SMARTS) is 4. The third-order valence-corrected chi connectivity index (χ3v) is 18.7. The quantitative estimate of drug-likeness (QED) is 0.00819. The second-order valence-corrected chi connectivity index (χ2v) is 26.8. The Hall–Kier alpha value is -6.92. The topological polar surface area (TPSA) is 433 Å². The number of thiophene rings is 2. The van der Waals surface area contributed by atoms with Gasteiger partial charge in [0.05, 0.1) is 140 Å². The summed E-state index contributed by atoms with van der Waals surface area (Å²) in [5.74, 6) is -11.6. The number of azo groups is 2. The molecule has 32 nitrogen and oxygen atoms in total. The first kappa shape index (κ1) is 113. The van der Waals surface area contributed by atoms with E-state index in [1.54, 1.807) is 102 Å². The van der Waals surface area contributed by atoms with Crippen molar-refractivity contribution in [2.45, 2.75) is 107 Å². The summed E-state index contributed by atoms with van der Waals surface area (Å²) >= 11 is 2.22. The summed E-state index contributed by atoms with van der Waals surface area (Å²) < 4.78 is 54.5. The van der Waals surface area contributed by atoms with E-state index in [2.05, 4.69) is 42.3 Å². The smallest absolute Gasteiger partial charge is 0.550 e. The van der Waals surface area contributed by atoms with Crippen molar-refractivity contribution in [2.24, 2.45) is 44.1 Å². The van der Waals surface area contributed by atoms with E-state index in [-0.39, 0.29) is 256 Å². The number of allylic oxidation sites excluding steroid dienone is 8. The molecule has 38 heteroatoms. The summed E-state index contributed by atoms with van der Waals surface area (Å²) in [7, 11) is 0. The maximum Gasteiger partial charge on any atom is 1.00 e. The molecule has 0 spiro atoms. The molecule has 2 heterocycles. The largest absolute Gasteiger partial charge is 1.00 e. The summed E-state index contributed by atoms with van der Waals surface area (Å²) in [4.78, 5) is 104. The first-order valence-corrected chi connectivity index (χ1v) is 38.3. The molecule has 0 bridgehead atoms. The van der Waals surface area contributed by atoms with Crippen LogP contribution < -0.4 is 148 Å². The molecule has 0 N–H and O–H groups in total. The Morgan fingerprint density at radius 3 is 0.992 bits per heavy atom. The number of esters is 4.